The Morgan fingerprint density at radius 2 is 0.541 bits per heavy atom. The summed E-state index contributed by atoms with van der Waals surface area (Å²) in [6.45, 7) is 11.4. The van der Waals surface area contributed by atoms with Gasteiger partial charge in [-0.15, -0.1) is 0 Å². The topological polar surface area (TPSA) is 78.9 Å². The lowest BCUT2D eigenvalue weighted by molar-refractivity contribution is -0.167. The Bertz CT molecular complexity index is 931. The van der Waals surface area contributed by atoms with Gasteiger partial charge in [0.2, 0.25) is 0 Å². The number of esters is 3. The molecule has 362 valence electrons. The summed E-state index contributed by atoms with van der Waals surface area (Å²) in [5, 5.41) is 0. The van der Waals surface area contributed by atoms with Gasteiger partial charge < -0.3 is 14.2 Å². The van der Waals surface area contributed by atoms with Crippen LogP contribution in [0.5, 0.6) is 0 Å². The van der Waals surface area contributed by atoms with E-state index < -0.39 is 6.10 Å². The van der Waals surface area contributed by atoms with Crippen molar-refractivity contribution in [2.24, 2.45) is 11.8 Å². The molecule has 6 nitrogen and oxygen atoms in total. The summed E-state index contributed by atoms with van der Waals surface area (Å²) in [6.07, 6.45) is 49.6. The molecule has 0 radical (unpaired) electrons. The van der Waals surface area contributed by atoms with E-state index in [1.165, 1.54) is 193 Å². The van der Waals surface area contributed by atoms with Gasteiger partial charge in [0.15, 0.2) is 6.10 Å². The first-order valence-corrected chi connectivity index (χ1v) is 27.2. The number of unbranched alkanes of at least 4 members (excludes halogenated alkanes) is 34. The Morgan fingerprint density at radius 1 is 0.311 bits per heavy atom. The van der Waals surface area contributed by atoms with Crippen molar-refractivity contribution in [3.8, 4) is 0 Å². The molecule has 0 saturated carbocycles. The van der Waals surface area contributed by atoms with E-state index in [0.29, 0.717) is 19.3 Å². The third kappa shape index (κ3) is 49.3. The van der Waals surface area contributed by atoms with E-state index in [1.807, 2.05) is 0 Å². The van der Waals surface area contributed by atoms with Crippen molar-refractivity contribution in [1.82, 2.24) is 0 Å². The number of carbonyl (C=O) groups is 3. The Balaban J connectivity index is 4.18. The molecule has 0 amide bonds. The van der Waals surface area contributed by atoms with Crippen LogP contribution in [-0.2, 0) is 28.6 Å². The number of hydrogen-bond donors (Lipinski definition) is 0. The SMILES string of the molecule is CCCCCCCCCCCCC(=O)O[C@@H](COC(=O)CCCCCCCCCCCCCCCCCCCCC(C)C)COC(=O)CCCCCCCCCCCC(C)C. The maximum absolute atomic E-state index is 12.7. The lowest BCUT2D eigenvalue weighted by Gasteiger charge is -2.18. The molecule has 0 heterocycles. The van der Waals surface area contributed by atoms with Crippen molar-refractivity contribution in [1.29, 1.82) is 0 Å². The fourth-order valence-corrected chi connectivity index (χ4v) is 8.34. The van der Waals surface area contributed by atoms with Crippen LogP contribution in [0.1, 0.15) is 304 Å². The standard InChI is InChI=1S/C55H106O6/c1-6-7-8-9-10-11-25-32-37-42-47-55(58)61-52(49-60-54(57)46-41-36-31-27-22-24-29-34-39-44-51(4)5)48-59-53(56)45-40-35-30-26-21-19-17-15-13-12-14-16-18-20-23-28-33-38-43-50(2)3/h50-52H,6-49H2,1-5H3/t52-/m0/s1. The minimum atomic E-state index is -0.761. The minimum absolute atomic E-state index is 0.0635. The van der Waals surface area contributed by atoms with Crippen molar-refractivity contribution >= 4 is 17.9 Å². The Kier molecular flexibility index (Phi) is 46.6. The number of ether oxygens (including phenoxy) is 3. The molecule has 0 unspecified atom stereocenters. The molecule has 0 bridgehead atoms. The summed E-state index contributed by atoms with van der Waals surface area (Å²) < 4.78 is 16.8. The molecule has 0 aromatic carbocycles. The number of hydrogen-bond acceptors (Lipinski definition) is 6. The summed E-state index contributed by atoms with van der Waals surface area (Å²) in [5.41, 5.74) is 0. The highest BCUT2D eigenvalue weighted by Gasteiger charge is 2.19. The second kappa shape index (κ2) is 47.9. The molecular weight excluding hydrogens is 757 g/mol. The van der Waals surface area contributed by atoms with Gasteiger partial charge in [0.25, 0.3) is 0 Å². The Labute approximate surface area is 380 Å². The van der Waals surface area contributed by atoms with Gasteiger partial charge in [0, 0.05) is 19.3 Å². The van der Waals surface area contributed by atoms with Crippen molar-refractivity contribution in [3.05, 3.63) is 0 Å². The van der Waals surface area contributed by atoms with Crippen molar-refractivity contribution in [3.63, 3.8) is 0 Å². The zero-order valence-electron chi connectivity index (χ0n) is 41.8. The van der Waals surface area contributed by atoms with Crippen LogP contribution in [-0.4, -0.2) is 37.2 Å². The van der Waals surface area contributed by atoms with E-state index >= 15 is 0 Å². The van der Waals surface area contributed by atoms with Gasteiger partial charge in [-0.2, -0.15) is 0 Å². The fourth-order valence-electron chi connectivity index (χ4n) is 8.34. The fraction of sp³-hybridized carbons (Fsp3) is 0.945. The predicted octanol–water partition coefficient (Wildman–Crippen LogP) is 17.7. The second-order valence-electron chi connectivity index (χ2n) is 19.8. The van der Waals surface area contributed by atoms with Crippen LogP contribution in [0.2, 0.25) is 0 Å². The molecule has 0 N–H and O–H groups in total. The molecule has 0 aliphatic heterocycles. The summed E-state index contributed by atoms with van der Waals surface area (Å²) in [5.74, 6) is 0.820. The van der Waals surface area contributed by atoms with Crippen LogP contribution in [0, 0.1) is 11.8 Å². The lowest BCUT2D eigenvalue weighted by Crippen LogP contribution is -2.30. The monoisotopic (exact) mass is 863 g/mol. The Hall–Kier alpha value is -1.59. The van der Waals surface area contributed by atoms with E-state index in [0.717, 1.165) is 69.6 Å². The maximum Gasteiger partial charge on any atom is 0.306 e. The van der Waals surface area contributed by atoms with Gasteiger partial charge in [0.05, 0.1) is 0 Å². The molecule has 0 fully saturated rings. The predicted molar refractivity (Wildman–Crippen MR) is 261 cm³/mol. The second-order valence-corrected chi connectivity index (χ2v) is 19.8. The quantitative estimate of drug-likeness (QED) is 0.0344. The van der Waals surface area contributed by atoms with Crippen LogP contribution < -0.4 is 0 Å². The summed E-state index contributed by atoms with van der Waals surface area (Å²) in [7, 11) is 0. The largest absolute Gasteiger partial charge is 0.462 e. The van der Waals surface area contributed by atoms with Gasteiger partial charge in [-0.3, -0.25) is 14.4 Å². The molecule has 0 aromatic rings. The van der Waals surface area contributed by atoms with Gasteiger partial charge in [-0.25, -0.2) is 0 Å². The number of rotatable bonds is 49. The highest BCUT2D eigenvalue weighted by Crippen LogP contribution is 2.18. The zero-order valence-corrected chi connectivity index (χ0v) is 41.8. The molecule has 0 rings (SSSR count). The van der Waals surface area contributed by atoms with Crippen LogP contribution >= 0.6 is 0 Å². The van der Waals surface area contributed by atoms with E-state index in [2.05, 4.69) is 34.6 Å². The van der Waals surface area contributed by atoms with Gasteiger partial charge in [0.1, 0.15) is 13.2 Å². The first-order valence-electron chi connectivity index (χ1n) is 27.2. The smallest absolute Gasteiger partial charge is 0.306 e. The molecule has 1 atom stereocenters. The molecule has 0 aliphatic rings. The molecule has 0 saturated heterocycles. The van der Waals surface area contributed by atoms with E-state index in [1.54, 1.807) is 0 Å². The molecular formula is C55H106O6. The molecule has 0 spiro atoms. The van der Waals surface area contributed by atoms with Crippen LogP contribution in [0.4, 0.5) is 0 Å². The number of carbonyl (C=O) groups excluding carboxylic acids is 3. The molecule has 0 aliphatic carbocycles. The minimum Gasteiger partial charge on any atom is -0.462 e. The van der Waals surface area contributed by atoms with E-state index in [4.69, 9.17) is 14.2 Å². The lowest BCUT2D eigenvalue weighted by atomic mass is 10.0. The summed E-state index contributed by atoms with van der Waals surface area (Å²) >= 11 is 0. The first-order chi connectivity index (χ1) is 29.7. The normalized spacial score (nSPS) is 12.0. The molecule has 0 aromatic heterocycles. The van der Waals surface area contributed by atoms with Gasteiger partial charge >= 0.3 is 17.9 Å². The van der Waals surface area contributed by atoms with Crippen molar-refractivity contribution < 1.29 is 28.6 Å². The molecule has 6 heteroatoms. The van der Waals surface area contributed by atoms with E-state index in [9.17, 15) is 14.4 Å². The van der Waals surface area contributed by atoms with Gasteiger partial charge in [-0.1, -0.05) is 266 Å². The summed E-state index contributed by atoms with van der Waals surface area (Å²) in [4.78, 5) is 37.9. The Morgan fingerprint density at radius 3 is 0.803 bits per heavy atom. The highest BCUT2D eigenvalue weighted by molar-refractivity contribution is 5.71. The van der Waals surface area contributed by atoms with Crippen LogP contribution in [0.15, 0.2) is 0 Å². The van der Waals surface area contributed by atoms with Crippen molar-refractivity contribution in [2.45, 2.75) is 310 Å². The third-order valence-electron chi connectivity index (χ3n) is 12.5. The highest BCUT2D eigenvalue weighted by atomic mass is 16.6. The average molecular weight is 863 g/mol. The average Bonchev–Trinajstić information content (AvgIpc) is 3.23. The maximum atomic E-state index is 12.7. The third-order valence-corrected chi connectivity index (χ3v) is 12.5. The van der Waals surface area contributed by atoms with E-state index in [-0.39, 0.29) is 31.1 Å². The van der Waals surface area contributed by atoms with Crippen LogP contribution in [0.25, 0.3) is 0 Å². The first kappa shape index (κ1) is 59.4. The zero-order chi connectivity index (χ0) is 44.7. The van der Waals surface area contributed by atoms with Crippen LogP contribution in [0.3, 0.4) is 0 Å². The van der Waals surface area contributed by atoms with Gasteiger partial charge in [-0.05, 0) is 31.1 Å². The molecule has 61 heavy (non-hydrogen) atoms. The summed E-state index contributed by atoms with van der Waals surface area (Å²) in [6, 6.07) is 0. The van der Waals surface area contributed by atoms with Crippen molar-refractivity contribution in [2.75, 3.05) is 13.2 Å².